The van der Waals surface area contributed by atoms with Crippen molar-refractivity contribution >= 4 is 11.8 Å². The zero-order chi connectivity index (χ0) is 11.4. The summed E-state index contributed by atoms with van der Waals surface area (Å²) in [5.74, 6) is 1.90. The van der Waals surface area contributed by atoms with Crippen LogP contribution in [0, 0.1) is 0 Å². The molecule has 0 bridgehead atoms. The Bertz CT molecular complexity index is 452. The third kappa shape index (κ3) is 2.09. The summed E-state index contributed by atoms with van der Waals surface area (Å²) in [5, 5.41) is 9.40. The van der Waals surface area contributed by atoms with Gasteiger partial charge >= 0.3 is 0 Å². The van der Waals surface area contributed by atoms with E-state index in [1.54, 1.807) is 18.0 Å². The second-order valence-electron chi connectivity index (χ2n) is 3.23. The van der Waals surface area contributed by atoms with Gasteiger partial charge in [0.25, 0.3) is 0 Å². The summed E-state index contributed by atoms with van der Waals surface area (Å²) in [6, 6.07) is 3.92. The molecule has 2 aromatic heterocycles. The SMILES string of the molecule is CCSc1nnc(-c2cccnc2)n1CC. The fraction of sp³-hybridized carbons (Fsp3) is 0.364. The van der Waals surface area contributed by atoms with Crippen molar-refractivity contribution in [3.8, 4) is 11.4 Å². The Kier molecular flexibility index (Phi) is 3.56. The minimum Gasteiger partial charge on any atom is -0.302 e. The standard InChI is InChI=1S/C11H14N4S/c1-3-15-10(9-6-5-7-12-8-9)13-14-11(15)16-4-2/h5-8H,3-4H2,1-2H3. The van der Waals surface area contributed by atoms with Crippen molar-refractivity contribution in [3.63, 3.8) is 0 Å². The Balaban J connectivity index is 2.42. The van der Waals surface area contributed by atoms with Crippen molar-refractivity contribution < 1.29 is 0 Å². The molecule has 0 aromatic carbocycles. The lowest BCUT2D eigenvalue weighted by atomic mass is 10.3. The third-order valence-electron chi connectivity index (χ3n) is 2.23. The van der Waals surface area contributed by atoms with Crippen LogP contribution in [0.15, 0.2) is 29.7 Å². The van der Waals surface area contributed by atoms with Crippen LogP contribution in [0.2, 0.25) is 0 Å². The van der Waals surface area contributed by atoms with Gasteiger partial charge < -0.3 is 4.57 Å². The number of pyridine rings is 1. The van der Waals surface area contributed by atoms with Crippen molar-refractivity contribution in [2.75, 3.05) is 5.75 Å². The molecule has 0 saturated carbocycles. The van der Waals surface area contributed by atoms with E-state index in [1.165, 1.54) is 0 Å². The van der Waals surface area contributed by atoms with Gasteiger partial charge in [-0.05, 0) is 24.8 Å². The average Bonchev–Trinajstić information content (AvgIpc) is 2.73. The summed E-state index contributed by atoms with van der Waals surface area (Å²) in [7, 11) is 0. The van der Waals surface area contributed by atoms with E-state index in [1.807, 2.05) is 18.3 Å². The molecule has 84 valence electrons. The van der Waals surface area contributed by atoms with Gasteiger partial charge in [-0.3, -0.25) is 4.98 Å². The molecule has 0 unspecified atom stereocenters. The first-order valence-corrected chi connectivity index (χ1v) is 6.31. The van der Waals surface area contributed by atoms with Crippen LogP contribution in [-0.4, -0.2) is 25.5 Å². The first kappa shape index (κ1) is 11.1. The average molecular weight is 234 g/mol. The highest BCUT2D eigenvalue weighted by atomic mass is 32.2. The molecule has 2 rings (SSSR count). The minimum absolute atomic E-state index is 0.875. The third-order valence-corrected chi connectivity index (χ3v) is 3.08. The zero-order valence-corrected chi connectivity index (χ0v) is 10.2. The molecule has 0 atom stereocenters. The highest BCUT2D eigenvalue weighted by Gasteiger charge is 2.11. The molecule has 0 saturated heterocycles. The molecule has 2 heterocycles. The van der Waals surface area contributed by atoms with Crippen molar-refractivity contribution in [1.82, 2.24) is 19.7 Å². The maximum absolute atomic E-state index is 4.23. The van der Waals surface area contributed by atoms with Gasteiger partial charge in [0.1, 0.15) is 0 Å². The van der Waals surface area contributed by atoms with Gasteiger partial charge in [0.2, 0.25) is 0 Å². The lowest BCUT2D eigenvalue weighted by Crippen LogP contribution is -1.99. The topological polar surface area (TPSA) is 43.6 Å². The Labute approximate surface area is 99.1 Å². The molecule has 0 radical (unpaired) electrons. The molecule has 0 spiro atoms. The number of thioether (sulfide) groups is 1. The van der Waals surface area contributed by atoms with Crippen LogP contribution in [0.3, 0.4) is 0 Å². The van der Waals surface area contributed by atoms with Crippen molar-refractivity contribution in [3.05, 3.63) is 24.5 Å². The smallest absolute Gasteiger partial charge is 0.191 e. The quantitative estimate of drug-likeness (QED) is 0.762. The minimum atomic E-state index is 0.875. The van der Waals surface area contributed by atoms with Crippen LogP contribution in [0.1, 0.15) is 13.8 Å². The van der Waals surface area contributed by atoms with Gasteiger partial charge in [0.15, 0.2) is 11.0 Å². The lowest BCUT2D eigenvalue weighted by molar-refractivity contribution is 0.687. The summed E-state index contributed by atoms with van der Waals surface area (Å²) in [6.07, 6.45) is 3.58. The maximum atomic E-state index is 4.23. The van der Waals surface area contributed by atoms with Crippen LogP contribution in [0.25, 0.3) is 11.4 Å². The Morgan fingerprint density at radius 2 is 2.19 bits per heavy atom. The number of aromatic nitrogens is 4. The Morgan fingerprint density at radius 1 is 1.31 bits per heavy atom. The molecule has 5 heteroatoms. The van der Waals surface area contributed by atoms with Crippen molar-refractivity contribution in [2.24, 2.45) is 0 Å². The number of hydrogen-bond acceptors (Lipinski definition) is 4. The molecule has 0 aliphatic carbocycles. The van der Waals surface area contributed by atoms with Crippen LogP contribution in [0.5, 0.6) is 0 Å². The maximum Gasteiger partial charge on any atom is 0.191 e. The van der Waals surface area contributed by atoms with Crippen LogP contribution in [-0.2, 0) is 6.54 Å². The molecule has 4 nitrogen and oxygen atoms in total. The summed E-state index contributed by atoms with van der Waals surface area (Å²) in [5.41, 5.74) is 1.01. The summed E-state index contributed by atoms with van der Waals surface area (Å²) in [4.78, 5) is 4.10. The van der Waals surface area contributed by atoms with Crippen molar-refractivity contribution in [2.45, 2.75) is 25.5 Å². The van der Waals surface area contributed by atoms with E-state index < -0.39 is 0 Å². The highest BCUT2D eigenvalue weighted by molar-refractivity contribution is 7.99. The van der Waals surface area contributed by atoms with E-state index in [4.69, 9.17) is 0 Å². The number of hydrogen-bond donors (Lipinski definition) is 0. The van der Waals surface area contributed by atoms with Gasteiger partial charge in [-0.1, -0.05) is 18.7 Å². The number of rotatable bonds is 4. The molecule has 0 aliphatic rings. The molecule has 0 amide bonds. The molecule has 0 N–H and O–H groups in total. The molecule has 0 fully saturated rings. The normalized spacial score (nSPS) is 10.6. The first-order chi connectivity index (χ1) is 7.86. The Morgan fingerprint density at radius 3 is 2.81 bits per heavy atom. The van der Waals surface area contributed by atoms with Crippen LogP contribution < -0.4 is 0 Å². The second-order valence-corrected chi connectivity index (χ2v) is 4.46. The second kappa shape index (κ2) is 5.12. The van der Waals surface area contributed by atoms with Gasteiger partial charge in [-0.15, -0.1) is 10.2 Å². The van der Waals surface area contributed by atoms with E-state index in [9.17, 15) is 0 Å². The fourth-order valence-corrected chi connectivity index (χ4v) is 2.25. The van der Waals surface area contributed by atoms with Crippen LogP contribution >= 0.6 is 11.8 Å². The van der Waals surface area contributed by atoms with Crippen molar-refractivity contribution in [1.29, 1.82) is 0 Å². The van der Waals surface area contributed by atoms with Gasteiger partial charge in [0.05, 0.1) is 0 Å². The molecular weight excluding hydrogens is 220 g/mol. The summed E-state index contributed by atoms with van der Waals surface area (Å²) in [6.45, 7) is 5.09. The molecular formula is C11H14N4S. The summed E-state index contributed by atoms with van der Waals surface area (Å²) >= 11 is 1.71. The lowest BCUT2D eigenvalue weighted by Gasteiger charge is -2.05. The number of nitrogens with zero attached hydrogens (tertiary/aromatic N) is 4. The first-order valence-electron chi connectivity index (χ1n) is 5.33. The molecule has 0 aliphatic heterocycles. The van der Waals surface area contributed by atoms with Gasteiger partial charge in [0, 0.05) is 24.5 Å². The van der Waals surface area contributed by atoms with E-state index in [2.05, 4.69) is 33.6 Å². The largest absolute Gasteiger partial charge is 0.302 e. The molecule has 16 heavy (non-hydrogen) atoms. The zero-order valence-electron chi connectivity index (χ0n) is 9.42. The van der Waals surface area contributed by atoms with E-state index in [0.29, 0.717) is 0 Å². The predicted molar refractivity (Wildman–Crippen MR) is 65.3 cm³/mol. The van der Waals surface area contributed by atoms with Gasteiger partial charge in [-0.2, -0.15) is 0 Å². The Hall–Kier alpha value is -1.36. The van der Waals surface area contributed by atoms with Gasteiger partial charge in [-0.25, -0.2) is 0 Å². The van der Waals surface area contributed by atoms with Crippen LogP contribution in [0.4, 0.5) is 0 Å². The van der Waals surface area contributed by atoms with E-state index in [0.717, 1.165) is 28.8 Å². The monoisotopic (exact) mass is 234 g/mol. The highest BCUT2D eigenvalue weighted by Crippen LogP contribution is 2.22. The van der Waals surface area contributed by atoms with E-state index >= 15 is 0 Å². The fourth-order valence-electron chi connectivity index (χ4n) is 1.52. The predicted octanol–water partition coefficient (Wildman–Crippen LogP) is 2.47. The summed E-state index contributed by atoms with van der Waals surface area (Å²) < 4.78 is 2.12. The van der Waals surface area contributed by atoms with E-state index in [-0.39, 0.29) is 0 Å². The molecule has 2 aromatic rings.